The van der Waals surface area contributed by atoms with Crippen LogP contribution in [0.15, 0.2) is 48.5 Å². The number of carbonyl (C=O) groups excluding carboxylic acids is 1. The first-order valence-corrected chi connectivity index (χ1v) is 15.5. The molecule has 2 aromatic carbocycles. The molecule has 214 valence electrons. The van der Waals surface area contributed by atoms with Gasteiger partial charge in [-0.05, 0) is 68.0 Å². The van der Waals surface area contributed by atoms with Gasteiger partial charge in [-0.15, -0.1) is 0 Å². The van der Waals surface area contributed by atoms with Gasteiger partial charge in [0.2, 0.25) is 5.91 Å². The minimum atomic E-state index is -3.67. The van der Waals surface area contributed by atoms with Gasteiger partial charge in [-0.2, -0.15) is 0 Å². The van der Waals surface area contributed by atoms with E-state index in [4.69, 9.17) is 23.2 Å². The van der Waals surface area contributed by atoms with Crippen LogP contribution in [-0.4, -0.2) is 46.8 Å². The minimum absolute atomic E-state index is 0.255. The van der Waals surface area contributed by atoms with E-state index in [1.807, 2.05) is 51.1 Å². The summed E-state index contributed by atoms with van der Waals surface area (Å²) in [5.41, 5.74) is -0.282. The molecule has 2 aromatic rings. The van der Waals surface area contributed by atoms with E-state index in [9.17, 15) is 23.1 Å². The van der Waals surface area contributed by atoms with Gasteiger partial charge in [-0.3, -0.25) is 9.59 Å². The number of piperidine rings is 1. The lowest BCUT2D eigenvalue weighted by Gasteiger charge is -2.54. The molecule has 4 atom stereocenters. The third kappa shape index (κ3) is 6.80. The van der Waals surface area contributed by atoms with E-state index < -0.39 is 43.5 Å². The van der Waals surface area contributed by atoms with E-state index in [1.165, 1.54) is 0 Å². The number of benzene rings is 2. The second kappa shape index (κ2) is 11.1. The largest absolute Gasteiger partial charge is 0.481 e. The maximum Gasteiger partial charge on any atom is 0.304 e. The van der Waals surface area contributed by atoms with Gasteiger partial charge >= 0.3 is 5.97 Å². The van der Waals surface area contributed by atoms with Gasteiger partial charge in [-0.25, -0.2) is 8.42 Å². The first kappa shape index (κ1) is 31.4. The molecule has 1 aliphatic heterocycles. The van der Waals surface area contributed by atoms with E-state index in [0.29, 0.717) is 10.0 Å². The molecule has 0 aliphatic carbocycles. The molecular weight excluding hydrogens is 557 g/mol. The highest BCUT2D eigenvalue weighted by Gasteiger charge is 2.55. The molecular formula is C30H39Cl2NO5S. The average Bonchev–Trinajstić information content (AvgIpc) is 2.78. The van der Waals surface area contributed by atoms with Crippen LogP contribution in [0.1, 0.15) is 84.4 Å². The molecule has 1 heterocycles. The Morgan fingerprint density at radius 2 is 1.62 bits per heavy atom. The summed E-state index contributed by atoms with van der Waals surface area (Å²) in [5, 5.41) is 10.9. The van der Waals surface area contributed by atoms with Gasteiger partial charge in [0.15, 0.2) is 9.84 Å². The molecule has 39 heavy (non-hydrogen) atoms. The summed E-state index contributed by atoms with van der Waals surface area (Å²) in [6.45, 7) is 12.4. The molecule has 0 aromatic heterocycles. The molecule has 0 unspecified atom stereocenters. The summed E-state index contributed by atoms with van der Waals surface area (Å²) in [5.74, 6) is -2.07. The molecule has 0 radical (unpaired) electrons. The predicted molar refractivity (Wildman–Crippen MR) is 157 cm³/mol. The topological polar surface area (TPSA) is 91.8 Å². The molecule has 0 bridgehead atoms. The highest BCUT2D eigenvalue weighted by atomic mass is 35.5. The number of hydrogen-bond donors (Lipinski definition) is 1. The fraction of sp³-hybridized carbons (Fsp3) is 0.533. The van der Waals surface area contributed by atoms with Crippen molar-refractivity contribution in [2.24, 2.45) is 10.8 Å². The third-order valence-electron chi connectivity index (χ3n) is 7.78. The summed E-state index contributed by atoms with van der Waals surface area (Å²) in [7, 11) is -3.67. The first-order valence-electron chi connectivity index (χ1n) is 13.0. The van der Waals surface area contributed by atoms with E-state index >= 15 is 0 Å². The van der Waals surface area contributed by atoms with Crippen LogP contribution in [0.4, 0.5) is 0 Å². The summed E-state index contributed by atoms with van der Waals surface area (Å²) in [6, 6.07) is 13.2. The van der Waals surface area contributed by atoms with E-state index in [0.717, 1.165) is 11.1 Å². The number of carboxylic acid groups (broad SMARTS) is 1. The lowest BCUT2D eigenvalue weighted by molar-refractivity contribution is -0.162. The summed E-state index contributed by atoms with van der Waals surface area (Å²) < 4.78 is 26.2. The zero-order valence-corrected chi connectivity index (χ0v) is 26.0. The predicted octanol–water partition coefficient (Wildman–Crippen LogP) is 7.16. The van der Waals surface area contributed by atoms with Crippen LogP contribution in [0, 0.1) is 10.8 Å². The Bertz CT molecular complexity index is 1330. The van der Waals surface area contributed by atoms with Crippen molar-refractivity contribution < 1.29 is 23.1 Å². The molecule has 0 spiro atoms. The van der Waals surface area contributed by atoms with Crippen molar-refractivity contribution in [3.8, 4) is 0 Å². The lowest BCUT2D eigenvalue weighted by atomic mass is 9.66. The van der Waals surface area contributed by atoms with Gasteiger partial charge in [0.05, 0.1) is 34.4 Å². The molecule has 1 amide bonds. The van der Waals surface area contributed by atoms with Crippen molar-refractivity contribution in [2.75, 3.05) is 5.75 Å². The number of carboxylic acids is 1. The van der Waals surface area contributed by atoms with Gasteiger partial charge in [0.25, 0.3) is 0 Å². The SMILES string of the molecule is CC(C)(C)[C@@H](CS(=O)(=O)C(C)(C)C)N1C(=O)[C@@](C)(CC(=O)O)C[C@H](c2cccc(Cl)c2)[C@H]1c1ccc(Cl)cc1. The van der Waals surface area contributed by atoms with Crippen molar-refractivity contribution in [3.63, 3.8) is 0 Å². The van der Waals surface area contributed by atoms with E-state index in [1.54, 1.807) is 50.8 Å². The molecule has 1 aliphatic rings. The number of nitrogens with zero attached hydrogens (tertiary/aromatic N) is 1. The zero-order valence-electron chi connectivity index (χ0n) is 23.7. The van der Waals surface area contributed by atoms with Gasteiger partial charge in [-0.1, -0.05) is 75.2 Å². The van der Waals surface area contributed by atoms with Crippen LogP contribution in [0.5, 0.6) is 0 Å². The van der Waals surface area contributed by atoms with Crippen molar-refractivity contribution in [1.29, 1.82) is 0 Å². The minimum Gasteiger partial charge on any atom is -0.481 e. The first-order chi connectivity index (χ1) is 17.8. The van der Waals surface area contributed by atoms with Crippen LogP contribution in [-0.2, 0) is 19.4 Å². The van der Waals surface area contributed by atoms with Crippen molar-refractivity contribution in [1.82, 2.24) is 4.90 Å². The Hall–Kier alpha value is -2.09. The van der Waals surface area contributed by atoms with Crippen LogP contribution in [0.3, 0.4) is 0 Å². The molecule has 3 rings (SSSR count). The number of rotatable bonds is 7. The van der Waals surface area contributed by atoms with Gasteiger partial charge in [0.1, 0.15) is 0 Å². The highest BCUT2D eigenvalue weighted by Crippen LogP contribution is 2.53. The maximum atomic E-state index is 14.5. The Kier molecular flexibility index (Phi) is 8.91. The second-order valence-electron chi connectivity index (χ2n) is 13.0. The van der Waals surface area contributed by atoms with Crippen molar-refractivity contribution >= 4 is 44.9 Å². The molecule has 1 N–H and O–H groups in total. The van der Waals surface area contributed by atoms with Crippen molar-refractivity contribution in [2.45, 2.75) is 84.1 Å². The summed E-state index contributed by atoms with van der Waals surface area (Å²) in [6.07, 6.45) is -0.124. The standard InChI is InChI=1S/C30H39Cl2NO5S/c1-28(2,3)24(18-39(37,38)29(4,5)6)33-26(19-11-13-21(31)14-12-19)23(20-9-8-10-22(32)15-20)16-30(7,27(33)36)17-25(34)35/h8-15,23-24,26H,16-18H2,1-7H3,(H,34,35)/t23-,24-,26-,30-/m1/s1. The van der Waals surface area contributed by atoms with Gasteiger partial charge in [0, 0.05) is 16.0 Å². The van der Waals surface area contributed by atoms with Crippen LogP contribution < -0.4 is 0 Å². The van der Waals surface area contributed by atoms with Crippen molar-refractivity contribution in [3.05, 3.63) is 69.7 Å². The Morgan fingerprint density at radius 1 is 1.03 bits per heavy atom. The third-order valence-corrected chi connectivity index (χ3v) is 10.9. The number of amides is 1. The number of hydrogen-bond acceptors (Lipinski definition) is 4. The number of sulfone groups is 1. The second-order valence-corrected chi connectivity index (χ2v) is 16.6. The molecule has 0 saturated carbocycles. The zero-order chi connectivity index (χ0) is 29.6. The van der Waals surface area contributed by atoms with E-state index in [2.05, 4.69) is 0 Å². The Balaban J connectivity index is 2.36. The van der Waals surface area contributed by atoms with E-state index in [-0.39, 0.29) is 30.4 Å². The fourth-order valence-corrected chi connectivity index (χ4v) is 7.33. The van der Waals surface area contributed by atoms with Crippen LogP contribution >= 0.6 is 23.2 Å². The Morgan fingerprint density at radius 3 is 2.10 bits per heavy atom. The monoisotopic (exact) mass is 595 g/mol. The number of likely N-dealkylation sites (tertiary alicyclic amines) is 1. The highest BCUT2D eigenvalue weighted by molar-refractivity contribution is 7.92. The lowest BCUT2D eigenvalue weighted by Crippen LogP contribution is -2.61. The van der Waals surface area contributed by atoms with Gasteiger partial charge < -0.3 is 10.0 Å². The summed E-state index contributed by atoms with van der Waals surface area (Å²) >= 11 is 12.6. The number of halogens is 2. The summed E-state index contributed by atoms with van der Waals surface area (Å²) in [4.78, 5) is 28.2. The molecule has 6 nitrogen and oxygen atoms in total. The van der Waals surface area contributed by atoms with Crippen LogP contribution in [0.2, 0.25) is 10.0 Å². The number of aliphatic carboxylic acids is 1. The number of carbonyl (C=O) groups is 2. The fourth-order valence-electron chi connectivity index (χ4n) is 5.43. The normalized spacial score (nSPS) is 23.5. The smallest absolute Gasteiger partial charge is 0.304 e. The average molecular weight is 597 g/mol. The molecule has 9 heteroatoms. The van der Waals surface area contributed by atoms with Crippen LogP contribution in [0.25, 0.3) is 0 Å². The Labute approximate surface area is 242 Å². The maximum absolute atomic E-state index is 14.5. The molecule has 1 saturated heterocycles. The molecule has 1 fully saturated rings. The quantitative estimate of drug-likeness (QED) is 0.366.